The molecule has 1 aromatic carbocycles. The fourth-order valence-corrected chi connectivity index (χ4v) is 4.76. The van der Waals surface area contributed by atoms with Crippen LogP contribution in [0, 0.1) is 18.8 Å². The third kappa shape index (κ3) is 3.03. The van der Waals surface area contributed by atoms with Gasteiger partial charge in [0.05, 0.1) is 19.9 Å². The third-order valence-corrected chi connectivity index (χ3v) is 5.54. The van der Waals surface area contributed by atoms with Crippen molar-refractivity contribution in [2.24, 2.45) is 0 Å². The molecule has 0 saturated heterocycles. The van der Waals surface area contributed by atoms with Crippen LogP contribution in [0.15, 0.2) is 24.3 Å². The second-order valence-corrected chi connectivity index (χ2v) is 7.97. The van der Waals surface area contributed by atoms with Crippen molar-refractivity contribution >= 4 is 45.3 Å². The van der Waals surface area contributed by atoms with Gasteiger partial charge in [-0.25, -0.2) is 4.39 Å². The van der Waals surface area contributed by atoms with E-state index in [0.717, 1.165) is 25.3 Å². The van der Waals surface area contributed by atoms with Crippen molar-refractivity contribution in [3.05, 3.63) is 53.5 Å². The summed E-state index contributed by atoms with van der Waals surface area (Å²) in [5.41, 5.74) is 1.38. The second kappa shape index (κ2) is 5.88. The van der Waals surface area contributed by atoms with E-state index >= 15 is 0 Å². The molecule has 1 N–H and O–H groups in total. The molecule has 2 aromatic rings. The number of hydrogen-bond acceptors (Lipinski definition) is 4. The summed E-state index contributed by atoms with van der Waals surface area (Å²) in [7, 11) is 0. The van der Waals surface area contributed by atoms with Gasteiger partial charge >= 0.3 is 0 Å². The van der Waals surface area contributed by atoms with Crippen LogP contribution in [0.1, 0.15) is 29.3 Å². The van der Waals surface area contributed by atoms with Crippen LogP contribution in [0.25, 0.3) is 0 Å². The van der Waals surface area contributed by atoms with Crippen molar-refractivity contribution < 1.29 is 9.31 Å². The zero-order valence-electron chi connectivity index (χ0n) is 10.9. The smallest absolute Gasteiger partial charge is 0.295 e. The minimum atomic E-state index is -0.596. The number of hydrogen-bond donors (Lipinski definition) is 1. The molecule has 0 radical (unpaired) electrons. The molecule has 1 aromatic heterocycles. The molecular formula is C14H12FIN2O2S. The lowest BCUT2D eigenvalue weighted by Gasteiger charge is -2.24. The fraction of sp³-hybridized carbons (Fsp3) is 0.286. The van der Waals surface area contributed by atoms with Crippen molar-refractivity contribution in [1.82, 2.24) is 0 Å². The number of benzene rings is 1. The summed E-state index contributed by atoms with van der Waals surface area (Å²) in [5.74, 6) is -0.596. The lowest BCUT2D eigenvalue weighted by atomic mass is 9.94. The molecule has 1 unspecified atom stereocenters. The van der Waals surface area contributed by atoms with E-state index in [2.05, 4.69) is 34.0 Å². The Bertz CT molecular complexity index is 704. The van der Waals surface area contributed by atoms with Gasteiger partial charge in [-0.3, -0.25) is 10.1 Å². The molecule has 0 amide bonds. The van der Waals surface area contributed by atoms with Gasteiger partial charge in [0.2, 0.25) is 0 Å². The van der Waals surface area contributed by atoms with E-state index in [-0.39, 0.29) is 11.7 Å². The molecule has 21 heavy (non-hydrogen) atoms. The molecule has 3 rings (SSSR count). The van der Waals surface area contributed by atoms with E-state index < -0.39 is 10.7 Å². The van der Waals surface area contributed by atoms with Gasteiger partial charge in [0.1, 0.15) is 11.5 Å². The zero-order chi connectivity index (χ0) is 15.0. The number of rotatable bonds is 3. The number of halogens is 2. The molecule has 7 heteroatoms. The largest absolute Gasteiger partial charge is 0.373 e. The minimum Gasteiger partial charge on any atom is -0.373 e. The first-order valence-corrected chi connectivity index (χ1v) is 8.42. The highest BCUT2D eigenvalue weighted by Gasteiger charge is 2.25. The summed E-state index contributed by atoms with van der Waals surface area (Å²) in [6.45, 7) is 0. The number of anilines is 1. The highest BCUT2D eigenvalue weighted by Crippen LogP contribution is 2.39. The Morgan fingerprint density at radius 2 is 2.24 bits per heavy atom. The van der Waals surface area contributed by atoms with Gasteiger partial charge in [0, 0.05) is 4.88 Å². The van der Waals surface area contributed by atoms with Crippen LogP contribution in [0.4, 0.5) is 15.8 Å². The summed E-state index contributed by atoms with van der Waals surface area (Å²) < 4.78 is 14.4. The zero-order valence-corrected chi connectivity index (χ0v) is 13.9. The van der Waals surface area contributed by atoms with Crippen LogP contribution in [0.5, 0.6) is 0 Å². The molecule has 1 aliphatic rings. The van der Waals surface area contributed by atoms with E-state index in [0.29, 0.717) is 5.69 Å². The van der Waals surface area contributed by atoms with Crippen molar-refractivity contribution in [3.8, 4) is 0 Å². The molecule has 0 spiro atoms. The quantitative estimate of drug-likeness (QED) is 0.439. The molecule has 4 nitrogen and oxygen atoms in total. The number of aryl methyl sites for hydroxylation is 1. The Kier molecular flexibility index (Phi) is 4.12. The Hall–Kier alpha value is -1.22. The number of nitro benzene ring substituents is 1. The Morgan fingerprint density at radius 3 is 3.00 bits per heavy atom. The van der Waals surface area contributed by atoms with E-state index in [1.54, 1.807) is 11.3 Å². The lowest BCUT2D eigenvalue weighted by Crippen LogP contribution is -2.16. The maximum Gasteiger partial charge on any atom is 0.295 e. The summed E-state index contributed by atoms with van der Waals surface area (Å²) in [4.78, 5) is 11.9. The maximum absolute atomic E-state index is 13.2. The van der Waals surface area contributed by atoms with Gasteiger partial charge in [-0.2, -0.15) is 0 Å². The first kappa shape index (κ1) is 14.7. The van der Waals surface area contributed by atoms with Gasteiger partial charge in [-0.05, 0) is 65.6 Å². The van der Waals surface area contributed by atoms with E-state index in [1.165, 1.54) is 25.5 Å². The molecule has 0 aliphatic heterocycles. The van der Waals surface area contributed by atoms with E-state index in [4.69, 9.17) is 0 Å². The number of nitrogens with one attached hydrogen (secondary N) is 1. The lowest BCUT2D eigenvalue weighted by molar-refractivity contribution is -0.384. The predicted octanol–water partition coefficient (Wildman–Crippen LogP) is 4.89. The molecule has 0 saturated carbocycles. The molecule has 0 bridgehead atoms. The van der Waals surface area contributed by atoms with Gasteiger partial charge in [0.15, 0.2) is 0 Å². The molecule has 110 valence electrons. The highest BCUT2D eigenvalue weighted by molar-refractivity contribution is 14.1. The summed E-state index contributed by atoms with van der Waals surface area (Å²) in [6.07, 6.45) is 3.04. The number of fused-ring (bicyclic) bond motifs is 1. The van der Waals surface area contributed by atoms with Crippen molar-refractivity contribution in [2.75, 3.05) is 5.32 Å². The molecule has 1 heterocycles. The third-order valence-electron chi connectivity index (χ3n) is 3.57. The molecule has 1 atom stereocenters. The number of thiophene rings is 1. The fourth-order valence-electron chi connectivity index (χ4n) is 2.64. The van der Waals surface area contributed by atoms with Crippen LogP contribution in [-0.2, 0) is 6.42 Å². The number of nitrogens with zero attached hydrogens (tertiary/aromatic N) is 1. The molecule has 1 aliphatic carbocycles. The van der Waals surface area contributed by atoms with Crippen molar-refractivity contribution in [3.63, 3.8) is 0 Å². The molecule has 0 fully saturated rings. The van der Waals surface area contributed by atoms with Gasteiger partial charge in [-0.1, -0.05) is 0 Å². The van der Waals surface area contributed by atoms with Crippen LogP contribution in [-0.4, -0.2) is 4.92 Å². The standard InChI is InChI=1S/C14H12FIN2O2S/c15-8-4-5-11(12(6-8)18(19)20)17-10-2-1-3-13-9(10)7-14(16)21-13/h4-7,10,17H,1-3H2. The molecular weight excluding hydrogens is 406 g/mol. The summed E-state index contributed by atoms with van der Waals surface area (Å²) >= 11 is 4.07. The van der Waals surface area contributed by atoms with Crippen LogP contribution >= 0.6 is 33.9 Å². The van der Waals surface area contributed by atoms with Gasteiger partial charge in [0.25, 0.3) is 5.69 Å². The first-order valence-electron chi connectivity index (χ1n) is 6.53. The van der Waals surface area contributed by atoms with Gasteiger partial charge in [-0.15, -0.1) is 11.3 Å². The summed E-state index contributed by atoms with van der Waals surface area (Å²) in [5, 5.41) is 14.3. The van der Waals surface area contributed by atoms with Crippen molar-refractivity contribution in [1.29, 1.82) is 0 Å². The average molecular weight is 418 g/mol. The second-order valence-electron chi connectivity index (χ2n) is 4.94. The van der Waals surface area contributed by atoms with Crippen molar-refractivity contribution in [2.45, 2.75) is 25.3 Å². The number of nitro groups is 1. The Balaban J connectivity index is 1.93. The van der Waals surface area contributed by atoms with Crippen LogP contribution in [0.3, 0.4) is 0 Å². The monoisotopic (exact) mass is 418 g/mol. The van der Waals surface area contributed by atoms with Crippen LogP contribution < -0.4 is 5.32 Å². The summed E-state index contributed by atoms with van der Waals surface area (Å²) in [6, 6.07) is 5.84. The topological polar surface area (TPSA) is 55.2 Å². The predicted molar refractivity (Wildman–Crippen MR) is 89.4 cm³/mol. The minimum absolute atomic E-state index is 0.0534. The van der Waals surface area contributed by atoms with Gasteiger partial charge < -0.3 is 5.32 Å². The highest BCUT2D eigenvalue weighted by atomic mass is 127. The van der Waals surface area contributed by atoms with E-state index in [1.807, 2.05) is 0 Å². The first-order chi connectivity index (χ1) is 10.0. The SMILES string of the molecule is O=[N+]([O-])c1cc(F)ccc1NC1CCCc2sc(I)cc21. The van der Waals surface area contributed by atoms with Crippen LogP contribution in [0.2, 0.25) is 0 Å². The Labute approximate surface area is 138 Å². The Morgan fingerprint density at radius 1 is 1.43 bits per heavy atom. The average Bonchev–Trinajstić information content (AvgIpc) is 2.82. The normalized spacial score (nSPS) is 17.3. The maximum atomic E-state index is 13.2. The van der Waals surface area contributed by atoms with E-state index in [9.17, 15) is 14.5 Å².